The van der Waals surface area contributed by atoms with Gasteiger partial charge in [0, 0.05) is 49.0 Å². The Bertz CT molecular complexity index is 1270. The first-order chi connectivity index (χ1) is 18.7. The Balaban J connectivity index is 0.000000263. The Kier molecular flexibility index (Phi) is 9.44. The summed E-state index contributed by atoms with van der Waals surface area (Å²) in [6, 6.07) is 9.83. The minimum atomic E-state index is -5.08. The van der Waals surface area contributed by atoms with E-state index < -0.39 is 24.3 Å². The molecule has 0 radical (unpaired) electrons. The molecule has 10 nitrogen and oxygen atoms in total. The molecule has 2 aliphatic rings. The number of carbonyl (C=O) groups is 2. The standard InChI is InChI=1S/C20H23N5O.2C2HF3O2/c1-2-16-15(4-9-22-16)17(3-1)26-18-5-10-23-19(24-18)25-12-7-20(8-13-25)6-11-21-14-20;2*3-2(4,5)1(6)7/h1-5,9-10,21-22H,6-8,11-14H2;2*(H,6,7). The van der Waals surface area contributed by atoms with Gasteiger partial charge in [0.25, 0.3) is 0 Å². The van der Waals surface area contributed by atoms with Crippen molar-refractivity contribution in [3.05, 3.63) is 42.7 Å². The summed E-state index contributed by atoms with van der Waals surface area (Å²) in [5.41, 5.74) is 1.55. The minimum absolute atomic E-state index is 0.495. The van der Waals surface area contributed by atoms with Gasteiger partial charge in [-0.1, -0.05) is 6.07 Å². The van der Waals surface area contributed by atoms with Crippen LogP contribution in [0.15, 0.2) is 42.7 Å². The van der Waals surface area contributed by atoms with Crippen molar-refractivity contribution in [3.63, 3.8) is 0 Å². The monoisotopic (exact) mass is 577 g/mol. The summed E-state index contributed by atoms with van der Waals surface area (Å²) in [6.45, 7) is 4.34. The first-order valence-electron chi connectivity index (χ1n) is 11.8. The summed E-state index contributed by atoms with van der Waals surface area (Å²) in [6.07, 6.45) is -2.75. The van der Waals surface area contributed by atoms with Crippen molar-refractivity contribution in [1.29, 1.82) is 0 Å². The van der Waals surface area contributed by atoms with Crippen molar-refractivity contribution in [2.24, 2.45) is 5.41 Å². The molecule has 4 N–H and O–H groups in total. The number of carboxylic acid groups (broad SMARTS) is 2. The number of hydrogen-bond acceptors (Lipinski definition) is 7. The van der Waals surface area contributed by atoms with Gasteiger partial charge in [0.2, 0.25) is 11.8 Å². The van der Waals surface area contributed by atoms with Gasteiger partial charge in [-0.15, -0.1) is 0 Å². The summed E-state index contributed by atoms with van der Waals surface area (Å²) in [5.74, 6) is -3.35. The number of H-pyrrole nitrogens is 1. The van der Waals surface area contributed by atoms with Crippen LogP contribution in [0.3, 0.4) is 0 Å². The van der Waals surface area contributed by atoms with E-state index in [-0.39, 0.29) is 0 Å². The predicted octanol–water partition coefficient (Wildman–Crippen LogP) is 4.60. The maximum Gasteiger partial charge on any atom is 0.490 e. The third-order valence-electron chi connectivity index (χ3n) is 6.31. The van der Waals surface area contributed by atoms with Crippen molar-refractivity contribution in [2.45, 2.75) is 31.6 Å². The van der Waals surface area contributed by atoms with Crippen molar-refractivity contribution in [1.82, 2.24) is 20.3 Å². The number of carboxylic acids is 2. The van der Waals surface area contributed by atoms with E-state index in [4.69, 9.17) is 24.5 Å². The summed E-state index contributed by atoms with van der Waals surface area (Å²) in [4.78, 5) is 32.4. The smallest absolute Gasteiger partial charge is 0.475 e. The molecule has 2 fully saturated rings. The molecule has 0 bridgehead atoms. The highest BCUT2D eigenvalue weighted by Crippen LogP contribution is 2.38. The Labute approximate surface area is 223 Å². The maximum absolute atomic E-state index is 10.6. The summed E-state index contributed by atoms with van der Waals surface area (Å²) >= 11 is 0. The van der Waals surface area contributed by atoms with Crippen molar-refractivity contribution in [2.75, 3.05) is 31.1 Å². The topological polar surface area (TPSA) is 141 Å². The first kappa shape index (κ1) is 30.5. The van der Waals surface area contributed by atoms with Crippen molar-refractivity contribution >= 4 is 28.8 Å². The molecule has 0 unspecified atom stereocenters. The van der Waals surface area contributed by atoms with Gasteiger partial charge in [0.15, 0.2) is 0 Å². The predicted molar refractivity (Wildman–Crippen MR) is 129 cm³/mol. The van der Waals surface area contributed by atoms with E-state index in [1.54, 1.807) is 6.20 Å². The van der Waals surface area contributed by atoms with Crippen LogP contribution in [-0.2, 0) is 9.59 Å². The van der Waals surface area contributed by atoms with Crippen LogP contribution in [0.5, 0.6) is 11.6 Å². The molecule has 5 rings (SSSR count). The van der Waals surface area contributed by atoms with E-state index in [1.807, 2.05) is 36.5 Å². The van der Waals surface area contributed by atoms with E-state index in [2.05, 4.69) is 25.2 Å². The van der Waals surface area contributed by atoms with Crippen LogP contribution in [0.1, 0.15) is 19.3 Å². The summed E-state index contributed by atoms with van der Waals surface area (Å²) in [5, 5.41) is 18.8. The summed E-state index contributed by atoms with van der Waals surface area (Å²) in [7, 11) is 0. The van der Waals surface area contributed by atoms with Gasteiger partial charge in [-0.2, -0.15) is 31.3 Å². The van der Waals surface area contributed by atoms with E-state index in [9.17, 15) is 26.3 Å². The molecule has 0 aliphatic carbocycles. The highest BCUT2D eigenvalue weighted by atomic mass is 19.4. The van der Waals surface area contributed by atoms with E-state index in [0.29, 0.717) is 11.3 Å². The molecule has 1 aromatic carbocycles. The minimum Gasteiger partial charge on any atom is -0.475 e. The molecule has 218 valence electrons. The number of alkyl halides is 6. The van der Waals surface area contributed by atoms with Crippen molar-refractivity contribution in [3.8, 4) is 11.6 Å². The number of anilines is 1. The number of rotatable bonds is 3. The first-order valence-corrected chi connectivity index (χ1v) is 11.8. The highest BCUT2D eigenvalue weighted by molar-refractivity contribution is 5.85. The highest BCUT2D eigenvalue weighted by Gasteiger charge is 2.39. The van der Waals surface area contributed by atoms with Crippen LogP contribution >= 0.6 is 0 Å². The lowest BCUT2D eigenvalue weighted by Crippen LogP contribution is -2.41. The molecule has 1 spiro atoms. The van der Waals surface area contributed by atoms with Gasteiger partial charge < -0.3 is 30.2 Å². The fourth-order valence-corrected chi connectivity index (χ4v) is 4.20. The molecule has 40 heavy (non-hydrogen) atoms. The molecule has 0 atom stereocenters. The lowest BCUT2D eigenvalue weighted by Gasteiger charge is -2.38. The van der Waals surface area contributed by atoms with Crippen LogP contribution in [0.2, 0.25) is 0 Å². The third-order valence-corrected chi connectivity index (χ3v) is 6.31. The number of piperidine rings is 1. The fraction of sp³-hybridized carbons (Fsp3) is 0.417. The zero-order valence-electron chi connectivity index (χ0n) is 20.7. The van der Waals surface area contributed by atoms with Gasteiger partial charge in [0.1, 0.15) is 5.75 Å². The number of ether oxygens (including phenoxy) is 1. The number of halogens is 6. The van der Waals surface area contributed by atoms with Gasteiger partial charge in [-0.05, 0) is 49.4 Å². The van der Waals surface area contributed by atoms with Crippen LogP contribution in [0, 0.1) is 5.41 Å². The molecular weight excluding hydrogens is 552 g/mol. The largest absolute Gasteiger partial charge is 0.490 e. The van der Waals surface area contributed by atoms with Crippen molar-refractivity contribution < 1.29 is 50.9 Å². The van der Waals surface area contributed by atoms with Crippen LogP contribution < -0.4 is 15.0 Å². The fourth-order valence-electron chi connectivity index (χ4n) is 4.20. The average Bonchev–Trinajstić information content (AvgIpc) is 3.55. The third kappa shape index (κ3) is 8.21. The van der Waals surface area contributed by atoms with E-state index in [0.717, 1.165) is 48.8 Å². The number of aliphatic carboxylic acids is 2. The van der Waals surface area contributed by atoms with Crippen LogP contribution in [0.4, 0.5) is 32.3 Å². The maximum atomic E-state index is 10.6. The Morgan fingerprint density at radius 2 is 1.57 bits per heavy atom. The SMILES string of the molecule is O=C(O)C(F)(F)F.O=C(O)C(F)(F)F.c1cc(Oc2ccnc(N3CCC4(CCNC4)CC3)n2)c2cc[nH]c2c1. The van der Waals surface area contributed by atoms with Crippen LogP contribution in [0.25, 0.3) is 10.9 Å². The second-order valence-electron chi connectivity index (χ2n) is 9.01. The molecule has 0 amide bonds. The molecule has 2 aromatic heterocycles. The number of hydrogen-bond donors (Lipinski definition) is 4. The molecule has 16 heteroatoms. The van der Waals surface area contributed by atoms with E-state index in [1.165, 1.54) is 19.3 Å². The van der Waals surface area contributed by atoms with Gasteiger partial charge in [0.05, 0.1) is 0 Å². The summed E-state index contributed by atoms with van der Waals surface area (Å²) < 4.78 is 69.5. The second-order valence-corrected chi connectivity index (χ2v) is 9.01. The Morgan fingerprint density at radius 3 is 2.12 bits per heavy atom. The molecule has 2 saturated heterocycles. The quantitative estimate of drug-likeness (QED) is 0.329. The van der Waals surface area contributed by atoms with E-state index >= 15 is 0 Å². The lowest BCUT2D eigenvalue weighted by atomic mass is 9.78. The number of nitrogens with zero attached hydrogens (tertiary/aromatic N) is 3. The Morgan fingerprint density at radius 1 is 0.950 bits per heavy atom. The lowest BCUT2D eigenvalue weighted by molar-refractivity contribution is -0.193. The van der Waals surface area contributed by atoms with Gasteiger partial charge in [-0.3, -0.25) is 0 Å². The normalized spacial score (nSPS) is 16.5. The second kappa shape index (κ2) is 12.4. The average molecular weight is 577 g/mol. The Hall–Kier alpha value is -4.08. The number of aromatic amines is 1. The zero-order valence-corrected chi connectivity index (χ0v) is 20.7. The zero-order chi connectivity index (χ0) is 29.6. The molecule has 4 heterocycles. The number of benzene rings is 1. The van der Waals surface area contributed by atoms with Gasteiger partial charge in [-0.25, -0.2) is 14.6 Å². The van der Waals surface area contributed by atoms with Gasteiger partial charge >= 0.3 is 24.3 Å². The van der Waals surface area contributed by atoms with Crippen LogP contribution in [-0.4, -0.2) is 75.6 Å². The number of fused-ring (bicyclic) bond motifs is 1. The number of aromatic nitrogens is 3. The number of nitrogens with one attached hydrogen (secondary N) is 2. The molecule has 3 aromatic rings. The molecular formula is C24H25F6N5O5. The molecule has 0 saturated carbocycles. The molecule has 2 aliphatic heterocycles.